The molecular weight excluding hydrogens is 709 g/mol. The summed E-state index contributed by atoms with van der Waals surface area (Å²) in [7, 11) is 0. The molecule has 58 heavy (non-hydrogen) atoms. The number of hydrogen-bond acceptors (Lipinski definition) is 5. The van der Waals surface area contributed by atoms with Crippen LogP contribution in [0, 0.1) is 0 Å². The van der Waals surface area contributed by atoms with Gasteiger partial charge in [-0.2, -0.15) is 0 Å². The maximum atomic E-state index is 6.75. The van der Waals surface area contributed by atoms with Crippen molar-refractivity contribution in [3.05, 3.63) is 206 Å². The van der Waals surface area contributed by atoms with E-state index in [0.29, 0.717) is 17.5 Å². The molecule has 11 aromatic rings. The summed E-state index contributed by atoms with van der Waals surface area (Å²) in [5, 5.41) is 6.69. The number of hydrogen-bond donors (Lipinski definition) is 0. The summed E-state index contributed by atoms with van der Waals surface area (Å²) in [6.07, 6.45) is 0. The Morgan fingerprint density at radius 3 is 1.60 bits per heavy atom. The topological polar surface area (TPSA) is 55.1 Å². The lowest BCUT2D eigenvalue weighted by Crippen LogP contribution is -2.09. The largest absolute Gasteiger partial charge is 0.456 e. The number of rotatable bonds is 7. The van der Waals surface area contributed by atoms with Crippen LogP contribution >= 0.6 is 0 Å². The molecule has 2 aromatic heterocycles. The van der Waals surface area contributed by atoms with Gasteiger partial charge in [-0.05, 0) is 81.2 Å². The third kappa shape index (κ3) is 5.85. The average molecular weight is 743 g/mol. The molecule has 0 unspecified atom stereocenters. The molecule has 0 saturated carbocycles. The second-order valence-corrected chi connectivity index (χ2v) is 14.4. The number of aromatic nitrogens is 3. The van der Waals surface area contributed by atoms with Crippen LogP contribution in [0.25, 0.3) is 88.8 Å². The van der Waals surface area contributed by atoms with Crippen LogP contribution in [0.3, 0.4) is 0 Å². The smallest absolute Gasteiger partial charge is 0.164 e. The van der Waals surface area contributed by atoms with Crippen LogP contribution in [-0.2, 0) is 0 Å². The first-order chi connectivity index (χ1) is 28.7. The standard InChI is InChI=1S/C53H34N4O/c1-4-16-37(17-5-1)51-54-52(38-18-6-2-7-19-38)56-53(55-51)45-25-14-26-47-50(45)49-44-24-13-12-23-43(44)46(34-48(49)58-47)36-28-30-41(31-29-36)57(40-21-8-3-9-22-40)42-32-27-35-15-10-11-20-39(35)33-42/h1-34H. The van der Waals surface area contributed by atoms with Crippen LogP contribution in [-0.4, -0.2) is 15.0 Å². The molecule has 9 aromatic carbocycles. The molecule has 0 aliphatic rings. The first-order valence-corrected chi connectivity index (χ1v) is 19.4. The van der Waals surface area contributed by atoms with E-state index in [1.54, 1.807) is 0 Å². The van der Waals surface area contributed by atoms with Crippen molar-refractivity contribution in [2.75, 3.05) is 4.90 Å². The van der Waals surface area contributed by atoms with Crippen molar-refractivity contribution >= 4 is 60.5 Å². The van der Waals surface area contributed by atoms with Crippen LogP contribution in [0.2, 0.25) is 0 Å². The van der Waals surface area contributed by atoms with E-state index in [2.05, 4.69) is 138 Å². The van der Waals surface area contributed by atoms with E-state index in [4.69, 9.17) is 19.4 Å². The lowest BCUT2D eigenvalue weighted by atomic mass is 9.93. The minimum Gasteiger partial charge on any atom is -0.456 e. The van der Waals surface area contributed by atoms with Crippen molar-refractivity contribution < 1.29 is 4.42 Å². The Morgan fingerprint density at radius 1 is 0.328 bits per heavy atom. The quantitative estimate of drug-likeness (QED) is 0.163. The van der Waals surface area contributed by atoms with Crippen molar-refractivity contribution in [1.29, 1.82) is 0 Å². The van der Waals surface area contributed by atoms with Gasteiger partial charge < -0.3 is 9.32 Å². The molecule has 5 heteroatoms. The molecule has 2 heterocycles. The molecule has 5 nitrogen and oxygen atoms in total. The fraction of sp³-hybridized carbons (Fsp3) is 0. The monoisotopic (exact) mass is 742 g/mol. The maximum Gasteiger partial charge on any atom is 0.164 e. The highest BCUT2D eigenvalue weighted by Gasteiger charge is 2.21. The van der Waals surface area contributed by atoms with Crippen molar-refractivity contribution in [2.45, 2.75) is 0 Å². The zero-order valence-electron chi connectivity index (χ0n) is 31.3. The van der Waals surface area contributed by atoms with Crippen LogP contribution in [0.4, 0.5) is 17.1 Å². The second kappa shape index (κ2) is 14.0. The molecule has 11 rings (SSSR count). The molecule has 272 valence electrons. The molecule has 0 fully saturated rings. The summed E-state index contributed by atoms with van der Waals surface area (Å²) < 4.78 is 6.75. The summed E-state index contributed by atoms with van der Waals surface area (Å²) >= 11 is 0. The van der Waals surface area contributed by atoms with Gasteiger partial charge in [0.05, 0.1) is 0 Å². The predicted molar refractivity (Wildman–Crippen MR) is 239 cm³/mol. The maximum absolute atomic E-state index is 6.75. The molecule has 0 amide bonds. The Balaban J connectivity index is 1.06. The number of fused-ring (bicyclic) bond motifs is 6. The summed E-state index contributed by atoms with van der Waals surface area (Å²) in [6.45, 7) is 0. The van der Waals surface area contributed by atoms with Gasteiger partial charge in [-0.25, -0.2) is 15.0 Å². The third-order valence-corrected chi connectivity index (χ3v) is 10.9. The summed E-state index contributed by atoms with van der Waals surface area (Å²) in [4.78, 5) is 17.4. The Kier molecular flexibility index (Phi) is 8.07. The van der Waals surface area contributed by atoms with E-state index >= 15 is 0 Å². The number of para-hydroxylation sites is 1. The van der Waals surface area contributed by atoms with Crippen molar-refractivity contribution in [1.82, 2.24) is 15.0 Å². The zero-order chi connectivity index (χ0) is 38.4. The first-order valence-electron chi connectivity index (χ1n) is 19.4. The predicted octanol–water partition coefficient (Wildman–Crippen LogP) is 14.2. The molecule has 0 radical (unpaired) electrons. The zero-order valence-corrected chi connectivity index (χ0v) is 31.3. The normalized spacial score (nSPS) is 11.4. The van der Waals surface area contributed by atoms with Gasteiger partial charge >= 0.3 is 0 Å². The van der Waals surface area contributed by atoms with E-state index in [1.165, 1.54) is 10.8 Å². The Labute approximate surface area is 335 Å². The Hall–Kier alpha value is -7.89. The van der Waals surface area contributed by atoms with Gasteiger partial charge in [-0.15, -0.1) is 0 Å². The van der Waals surface area contributed by atoms with Gasteiger partial charge in [0.2, 0.25) is 0 Å². The molecule has 0 atom stereocenters. The highest BCUT2D eigenvalue weighted by molar-refractivity contribution is 6.25. The summed E-state index contributed by atoms with van der Waals surface area (Å²) in [6, 6.07) is 71.6. The van der Waals surface area contributed by atoms with E-state index in [9.17, 15) is 0 Å². The van der Waals surface area contributed by atoms with Crippen molar-refractivity contribution in [3.63, 3.8) is 0 Å². The summed E-state index contributed by atoms with van der Waals surface area (Å²) in [5.74, 6) is 1.84. The van der Waals surface area contributed by atoms with Gasteiger partial charge in [0.1, 0.15) is 11.2 Å². The van der Waals surface area contributed by atoms with E-state index < -0.39 is 0 Å². The van der Waals surface area contributed by atoms with E-state index in [0.717, 1.165) is 77.6 Å². The van der Waals surface area contributed by atoms with Crippen LogP contribution < -0.4 is 4.90 Å². The van der Waals surface area contributed by atoms with Gasteiger partial charge in [0.15, 0.2) is 17.5 Å². The van der Waals surface area contributed by atoms with Crippen LogP contribution in [0.15, 0.2) is 211 Å². The Bertz CT molecular complexity index is 3210. The number of benzene rings is 9. The van der Waals surface area contributed by atoms with Gasteiger partial charge in [-0.3, -0.25) is 0 Å². The van der Waals surface area contributed by atoms with Crippen LogP contribution in [0.1, 0.15) is 0 Å². The second-order valence-electron chi connectivity index (χ2n) is 14.4. The summed E-state index contributed by atoms with van der Waals surface area (Å²) in [5.41, 5.74) is 9.82. The molecule has 0 bridgehead atoms. The average Bonchev–Trinajstić information content (AvgIpc) is 3.69. The van der Waals surface area contributed by atoms with Gasteiger partial charge in [0, 0.05) is 44.5 Å². The minimum atomic E-state index is 0.596. The lowest BCUT2D eigenvalue weighted by Gasteiger charge is -2.26. The van der Waals surface area contributed by atoms with Crippen LogP contribution in [0.5, 0.6) is 0 Å². The van der Waals surface area contributed by atoms with E-state index in [1.807, 2.05) is 72.8 Å². The molecule has 0 spiro atoms. The molecule has 0 aliphatic carbocycles. The van der Waals surface area contributed by atoms with Gasteiger partial charge in [-0.1, -0.05) is 158 Å². The SMILES string of the molecule is c1ccc(-c2nc(-c3ccccc3)nc(-c3cccc4oc5cc(-c6ccc(N(c7ccccc7)c7ccc8ccccc8c7)cc6)c6ccccc6c5c34)n2)cc1. The molecule has 0 saturated heterocycles. The Morgan fingerprint density at radius 2 is 0.897 bits per heavy atom. The van der Waals surface area contributed by atoms with Crippen molar-refractivity contribution in [3.8, 4) is 45.3 Å². The van der Waals surface area contributed by atoms with E-state index in [-0.39, 0.29) is 0 Å². The minimum absolute atomic E-state index is 0.596. The first kappa shape index (κ1) is 33.4. The number of furan rings is 1. The van der Waals surface area contributed by atoms with Crippen molar-refractivity contribution in [2.24, 2.45) is 0 Å². The lowest BCUT2D eigenvalue weighted by molar-refractivity contribution is 0.669. The highest BCUT2D eigenvalue weighted by Crippen LogP contribution is 2.44. The number of anilines is 3. The molecule has 0 aliphatic heterocycles. The highest BCUT2D eigenvalue weighted by atomic mass is 16.3. The number of nitrogens with zero attached hydrogens (tertiary/aromatic N) is 4. The molecule has 0 N–H and O–H groups in total. The van der Waals surface area contributed by atoms with Gasteiger partial charge in [0.25, 0.3) is 0 Å². The fourth-order valence-electron chi connectivity index (χ4n) is 8.16. The molecular formula is C53H34N4O. The third-order valence-electron chi connectivity index (χ3n) is 10.9. The fourth-order valence-corrected chi connectivity index (χ4v) is 8.16.